The van der Waals surface area contributed by atoms with Crippen LogP contribution in [0.5, 0.6) is 0 Å². The topological polar surface area (TPSA) is 143 Å². The summed E-state index contributed by atoms with van der Waals surface area (Å²) in [6, 6.07) is 3.86. The van der Waals surface area contributed by atoms with E-state index in [1.807, 2.05) is 0 Å². The minimum atomic E-state index is -4.84. The Kier molecular flexibility index (Phi) is 8.46. The van der Waals surface area contributed by atoms with Crippen molar-refractivity contribution in [3.63, 3.8) is 0 Å². The fourth-order valence-electron chi connectivity index (χ4n) is 4.32. The van der Waals surface area contributed by atoms with Gasteiger partial charge in [-0.25, -0.2) is 33.7 Å². The maximum Gasteiger partial charge on any atom is 0.257 e. The highest BCUT2D eigenvalue weighted by atomic mass is 35.5. The van der Waals surface area contributed by atoms with Crippen molar-refractivity contribution >= 4 is 86.1 Å². The molecule has 210 valence electrons. The Morgan fingerprint density at radius 3 is 1.21 bits per heavy atom. The van der Waals surface area contributed by atoms with Crippen LogP contribution in [0.3, 0.4) is 0 Å². The van der Waals surface area contributed by atoms with Crippen LogP contribution in [0.25, 0.3) is 0 Å². The Morgan fingerprint density at radius 1 is 0.605 bits per heavy atom. The predicted octanol–water partition coefficient (Wildman–Crippen LogP) is 3.27. The summed E-state index contributed by atoms with van der Waals surface area (Å²) in [6.45, 7) is 0. The monoisotopic (exact) mass is 684 g/mol. The Bertz CT molecular complexity index is 1590. The molecule has 2 aliphatic heterocycles. The van der Waals surface area contributed by atoms with Crippen LogP contribution in [-0.2, 0) is 39.7 Å². The molecule has 0 saturated carbocycles. The zero-order valence-corrected chi connectivity index (χ0v) is 25.5. The molecule has 0 amide bonds. The highest BCUT2D eigenvalue weighted by Gasteiger charge is 2.51. The molecule has 2 aromatic rings. The number of sulfone groups is 2. The van der Waals surface area contributed by atoms with E-state index in [4.69, 9.17) is 46.4 Å². The van der Waals surface area contributed by atoms with E-state index >= 15 is 0 Å². The maximum absolute atomic E-state index is 14.1. The Morgan fingerprint density at radius 2 is 0.947 bits per heavy atom. The average molecular weight is 686 g/mol. The number of rotatable bonds is 7. The maximum atomic E-state index is 14.1. The molecule has 4 rings (SSSR count). The van der Waals surface area contributed by atoms with Gasteiger partial charge in [-0.15, -0.1) is 8.83 Å². The zero-order valence-electron chi connectivity index (χ0n) is 19.2. The average Bonchev–Trinajstić information content (AvgIpc) is 3.35. The summed E-state index contributed by atoms with van der Waals surface area (Å²) in [5.41, 5.74) is 0. The van der Waals surface area contributed by atoms with Gasteiger partial charge in [0.25, 0.3) is 20.0 Å². The van der Waals surface area contributed by atoms with E-state index < -0.39 is 84.6 Å². The van der Waals surface area contributed by atoms with Gasteiger partial charge in [-0.05, 0) is 49.2 Å². The summed E-state index contributed by atoms with van der Waals surface area (Å²) in [5.74, 6) is -2.15. The third kappa shape index (κ3) is 5.99. The van der Waals surface area contributed by atoms with E-state index in [2.05, 4.69) is 0 Å². The molecule has 2 aromatic carbocycles. The molecular formula is C20H20Cl4N2O8S4. The molecule has 0 unspecified atom stereocenters. The van der Waals surface area contributed by atoms with E-state index in [0.717, 1.165) is 24.3 Å². The Balaban J connectivity index is 1.99. The quantitative estimate of drug-likeness (QED) is 0.404. The fourth-order valence-corrected chi connectivity index (χ4v) is 12.4. The summed E-state index contributed by atoms with van der Waals surface area (Å²) >= 11 is 24.0. The lowest BCUT2D eigenvalue weighted by molar-refractivity contribution is 0.0888. The van der Waals surface area contributed by atoms with Crippen LogP contribution in [0.4, 0.5) is 0 Å². The van der Waals surface area contributed by atoms with Crippen LogP contribution < -0.4 is 0 Å². The molecular weight excluding hydrogens is 666 g/mol. The lowest BCUT2D eigenvalue weighted by Gasteiger charge is -2.39. The van der Waals surface area contributed by atoms with Gasteiger partial charge in [0, 0.05) is 0 Å². The second-order valence-electron chi connectivity index (χ2n) is 8.82. The van der Waals surface area contributed by atoms with Gasteiger partial charge in [-0.3, -0.25) is 0 Å². The summed E-state index contributed by atoms with van der Waals surface area (Å²) in [4.78, 5) is -0.933. The Labute approximate surface area is 241 Å². The van der Waals surface area contributed by atoms with Gasteiger partial charge >= 0.3 is 0 Å². The van der Waals surface area contributed by atoms with Gasteiger partial charge in [-0.2, -0.15) is 0 Å². The van der Waals surface area contributed by atoms with E-state index in [-0.39, 0.29) is 32.9 Å². The van der Waals surface area contributed by atoms with Crippen molar-refractivity contribution in [3.8, 4) is 0 Å². The molecule has 2 aliphatic rings. The minimum Gasteiger partial charge on any atom is -0.229 e. The van der Waals surface area contributed by atoms with Crippen LogP contribution in [-0.4, -0.2) is 77.6 Å². The van der Waals surface area contributed by atoms with Gasteiger partial charge in [-0.1, -0.05) is 46.4 Å². The number of hydrogen-bond acceptors (Lipinski definition) is 8. The van der Waals surface area contributed by atoms with Crippen molar-refractivity contribution < 1.29 is 33.7 Å². The first-order chi connectivity index (χ1) is 17.4. The third-order valence-corrected chi connectivity index (χ3v) is 14.8. The molecule has 2 heterocycles. The summed E-state index contributed by atoms with van der Waals surface area (Å²) in [7, 11) is -17.1. The van der Waals surface area contributed by atoms with E-state index in [1.54, 1.807) is 0 Å². The van der Waals surface area contributed by atoms with Crippen LogP contribution in [0.1, 0.15) is 12.8 Å². The molecule has 2 fully saturated rings. The van der Waals surface area contributed by atoms with Crippen molar-refractivity contribution in [2.45, 2.75) is 34.7 Å². The predicted molar refractivity (Wildman–Crippen MR) is 145 cm³/mol. The second-order valence-corrected chi connectivity index (χ2v) is 18.5. The van der Waals surface area contributed by atoms with E-state index in [9.17, 15) is 33.7 Å². The zero-order chi connectivity index (χ0) is 28.3. The lowest BCUT2D eigenvalue weighted by atomic mass is 10.2. The number of halogens is 4. The number of nitrogens with zero attached hydrogens (tertiary/aromatic N) is 2. The fraction of sp³-hybridized carbons (Fsp3) is 0.400. The highest BCUT2D eigenvalue weighted by Crippen LogP contribution is 2.37. The van der Waals surface area contributed by atoms with Gasteiger partial charge in [0.05, 0.1) is 65.0 Å². The van der Waals surface area contributed by atoms with Crippen molar-refractivity contribution in [1.29, 1.82) is 0 Å². The number of hydrazine groups is 1. The summed E-state index contributed by atoms with van der Waals surface area (Å²) in [6.07, 6.45) is -0.453. The molecule has 0 aliphatic carbocycles. The number of hydrogen-bond donors (Lipinski definition) is 0. The minimum absolute atomic E-state index is 0.0304. The molecule has 10 nitrogen and oxygen atoms in total. The summed E-state index contributed by atoms with van der Waals surface area (Å²) < 4.78 is 107. The van der Waals surface area contributed by atoms with Crippen molar-refractivity contribution in [3.05, 3.63) is 56.5 Å². The van der Waals surface area contributed by atoms with Crippen molar-refractivity contribution in [2.75, 3.05) is 23.0 Å². The van der Waals surface area contributed by atoms with E-state index in [1.165, 1.54) is 12.1 Å². The molecule has 0 radical (unpaired) electrons. The molecule has 18 heteroatoms. The van der Waals surface area contributed by atoms with Gasteiger partial charge in [0.2, 0.25) is 0 Å². The SMILES string of the molecule is O=S1(=O)CC[C@H](N(N([C@H]2CCS(=O)(=O)C2)S(=O)(=O)c2ccc(Cl)c(Cl)c2)S(=O)(=O)c2ccc(Cl)c(Cl)c2)C1. The molecule has 38 heavy (non-hydrogen) atoms. The third-order valence-electron chi connectivity index (χ3n) is 6.11. The van der Waals surface area contributed by atoms with Crippen LogP contribution >= 0.6 is 46.4 Å². The Hall–Kier alpha value is -0.680. The largest absolute Gasteiger partial charge is 0.257 e. The van der Waals surface area contributed by atoms with Gasteiger partial charge < -0.3 is 0 Å². The van der Waals surface area contributed by atoms with Crippen molar-refractivity contribution in [2.24, 2.45) is 0 Å². The number of benzene rings is 2. The molecule has 2 atom stereocenters. The first-order valence-corrected chi connectivity index (χ1v) is 18.9. The van der Waals surface area contributed by atoms with E-state index in [0.29, 0.717) is 8.83 Å². The van der Waals surface area contributed by atoms with Crippen LogP contribution in [0.2, 0.25) is 20.1 Å². The standard InChI is InChI=1S/C20H20Cl4N2O8S4/c21-17-3-1-15(9-19(17)23)37(31,32)25(13-5-7-35(27,28)11-13)26(14-6-8-36(29,30)12-14)38(33,34)16-2-4-18(22)20(24)10-16/h1-4,9-10,13-14H,5-8,11-12H2/t13-,14-/m0/s1. The number of sulfonamides is 2. The first-order valence-electron chi connectivity index (χ1n) is 10.8. The highest BCUT2D eigenvalue weighted by molar-refractivity contribution is 7.93. The second kappa shape index (κ2) is 10.6. The van der Waals surface area contributed by atoms with Crippen LogP contribution in [0.15, 0.2) is 46.2 Å². The van der Waals surface area contributed by atoms with Gasteiger partial charge in [0.15, 0.2) is 19.7 Å². The summed E-state index contributed by atoms with van der Waals surface area (Å²) in [5, 5.41) is -0.228. The normalized spacial score (nSPS) is 23.3. The molecule has 2 saturated heterocycles. The van der Waals surface area contributed by atoms with Gasteiger partial charge in [0.1, 0.15) is 0 Å². The van der Waals surface area contributed by atoms with Crippen LogP contribution in [0, 0.1) is 0 Å². The molecule has 0 N–H and O–H groups in total. The molecule has 0 spiro atoms. The first kappa shape index (κ1) is 30.3. The molecule has 0 bridgehead atoms. The lowest BCUT2D eigenvalue weighted by Crippen LogP contribution is -2.58. The van der Waals surface area contributed by atoms with Crippen molar-refractivity contribution in [1.82, 2.24) is 8.83 Å². The smallest absolute Gasteiger partial charge is 0.229 e. The molecule has 0 aromatic heterocycles.